The zero-order chi connectivity index (χ0) is 19.2. The largest absolute Gasteiger partial charge is 0.404 e. The van der Waals surface area contributed by atoms with Gasteiger partial charge in [-0.2, -0.15) is 31.4 Å². The van der Waals surface area contributed by atoms with E-state index in [-0.39, 0.29) is 24.1 Å². The lowest BCUT2D eigenvalue weighted by molar-refractivity contribution is -0.334. The van der Waals surface area contributed by atoms with E-state index in [4.69, 9.17) is 0 Å². The number of rotatable bonds is 2. The Labute approximate surface area is 157 Å². The molecule has 1 atom stereocenters. The Morgan fingerprint density at radius 2 is 1.89 bits per heavy atom. The van der Waals surface area contributed by atoms with Gasteiger partial charge in [0.2, 0.25) is 0 Å². The number of likely N-dealkylation sites (tertiary alicyclic amines) is 1. The molecule has 1 amide bonds. The maximum atomic E-state index is 13.1. The van der Waals surface area contributed by atoms with Crippen molar-refractivity contribution in [3.8, 4) is 0 Å². The van der Waals surface area contributed by atoms with Crippen LogP contribution in [-0.2, 0) is 0 Å². The Balaban J connectivity index is 0.00000261. The molecule has 2 aliphatic heterocycles. The Hall–Kier alpha value is -1.49. The lowest BCUT2D eigenvalue weighted by atomic mass is 9.85. The van der Waals surface area contributed by atoms with Gasteiger partial charge in [0.05, 0.1) is 6.04 Å². The van der Waals surface area contributed by atoms with Crippen LogP contribution in [0.3, 0.4) is 0 Å². The van der Waals surface area contributed by atoms with Crippen molar-refractivity contribution in [3.05, 3.63) is 18.0 Å². The lowest BCUT2D eigenvalue weighted by Crippen LogP contribution is -2.52. The fourth-order valence-corrected chi connectivity index (χ4v) is 3.48. The van der Waals surface area contributed by atoms with Crippen LogP contribution in [0, 0.1) is 5.41 Å². The number of hydrogen-bond acceptors (Lipinski definition) is 3. The fraction of sp³-hybridized carbons (Fsp3) is 0.733. The summed E-state index contributed by atoms with van der Waals surface area (Å²) < 4.78 is 80.2. The number of nitrogens with one attached hydrogen (secondary N) is 1. The van der Waals surface area contributed by atoms with Gasteiger partial charge in [0.15, 0.2) is 5.41 Å². The molecule has 27 heavy (non-hydrogen) atoms. The topological polar surface area (TPSA) is 50.2 Å². The molecule has 0 bridgehead atoms. The molecule has 0 saturated carbocycles. The minimum Gasteiger partial charge on any atom is -0.336 e. The van der Waals surface area contributed by atoms with Crippen LogP contribution in [0.4, 0.5) is 26.3 Å². The van der Waals surface area contributed by atoms with E-state index in [1.165, 1.54) is 16.9 Å². The number of halogens is 7. The van der Waals surface area contributed by atoms with Gasteiger partial charge >= 0.3 is 12.4 Å². The quantitative estimate of drug-likeness (QED) is 0.748. The fourth-order valence-electron chi connectivity index (χ4n) is 3.48. The van der Waals surface area contributed by atoms with Crippen molar-refractivity contribution in [1.29, 1.82) is 0 Å². The van der Waals surface area contributed by atoms with Crippen molar-refractivity contribution < 1.29 is 31.1 Å². The van der Waals surface area contributed by atoms with E-state index in [1.54, 1.807) is 0 Å². The van der Waals surface area contributed by atoms with Crippen molar-refractivity contribution in [3.63, 3.8) is 0 Å². The minimum atomic E-state index is -5.48. The normalized spacial score (nSPS) is 23.2. The van der Waals surface area contributed by atoms with Gasteiger partial charge in [-0.25, -0.2) is 0 Å². The highest BCUT2D eigenvalue weighted by Crippen LogP contribution is 2.55. The molecule has 2 aliphatic rings. The molecule has 3 rings (SSSR count). The summed E-state index contributed by atoms with van der Waals surface area (Å²) in [6, 6.07) is 1.34. The van der Waals surface area contributed by atoms with Gasteiger partial charge in [-0.1, -0.05) is 0 Å². The number of hydrogen-bond donors (Lipinski definition) is 1. The minimum absolute atomic E-state index is 0. The van der Waals surface area contributed by atoms with Crippen molar-refractivity contribution in [2.24, 2.45) is 5.41 Å². The second kappa shape index (κ2) is 7.50. The summed E-state index contributed by atoms with van der Waals surface area (Å²) in [5, 5.41) is 7.24. The van der Waals surface area contributed by atoms with E-state index >= 15 is 0 Å². The number of alkyl halides is 6. The average Bonchev–Trinajstić information content (AvgIpc) is 3.22. The molecule has 0 aliphatic carbocycles. The summed E-state index contributed by atoms with van der Waals surface area (Å²) in [6.07, 6.45) is -8.88. The Morgan fingerprint density at radius 1 is 1.22 bits per heavy atom. The van der Waals surface area contributed by atoms with E-state index in [2.05, 4.69) is 10.4 Å². The van der Waals surface area contributed by atoms with Crippen LogP contribution in [0.1, 0.15) is 35.8 Å². The summed E-state index contributed by atoms with van der Waals surface area (Å²) >= 11 is 0. The van der Waals surface area contributed by atoms with Crippen molar-refractivity contribution >= 4 is 18.3 Å². The van der Waals surface area contributed by atoms with Gasteiger partial charge in [0, 0.05) is 25.8 Å². The summed E-state index contributed by atoms with van der Waals surface area (Å²) in [7, 11) is 0. The van der Waals surface area contributed by atoms with Crippen LogP contribution in [0.5, 0.6) is 0 Å². The highest BCUT2D eigenvalue weighted by molar-refractivity contribution is 5.92. The summed E-state index contributed by atoms with van der Waals surface area (Å²) in [5.41, 5.74) is -4.03. The molecule has 1 aromatic heterocycles. The molecule has 154 valence electrons. The zero-order valence-electron chi connectivity index (χ0n) is 14.1. The average molecular weight is 421 g/mol. The lowest BCUT2D eigenvalue weighted by Gasteiger charge is -2.33. The molecule has 5 nitrogen and oxygen atoms in total. The van der Waals surface area contributed by atoms with Crippen LogP contribution in [0.2, 0.25) is 0 Å². The monoisotopic (exact) mass is 420 g/mol. The predicted molar refractivity (Wildman–Crippen MR) is 85.7 cm³/mol. The number of aromatic nitrogens is 2. The highest BCUT2D eigenvalue weighted by atomic mass is 35.5. The van der Waals surface area contributed by atoms with E-state index in [9.17, 15) is 31.1 Å². The molecule has 1 aromatic rings. The summed E-state index contributed by atoms with van der Waals surface area (Å²) in [5.74, 6) is -0.914. The SMILES string of the molecule is Cl.O=C(c1ccn(C2CCCNC2)n1)N1CCC(C(F)(F)F)(C(F)(F)F)C1. The third-order valence-corrected chi connectivity index (χ3v) is 5.11. The van der Waals surface area contributed by atoms with Crippen molar-refractivity contribution in [2.75, 3.05) is 26.2 Å². The van der Waals surface area contributed by atoms with Gasteiger partial charge in [0.1, 0.15) is 5.69 Å². The first-order valence-electron chi connectivity index (χ1n) is 8.24. The van der Waals surface area contributed by atoms with E-state index in [0.717, 1.165) is 19.4 Å². The molecule has 0 aromatic carbocycles. The first-order chi connectivity index (χ1) is 12.1. The Bertz CT molecular complexity index is 654. The zero-order valence-corrected chi connectivity index (χ0v) is 14.9. The second-order valence-electron chi connectivity index (χ2n) is 6.74. The summed E-state index contributed by atoms with van der Waals surface area (Å²) in [4.78, 5) is 13.0. The number of piperidine rings is 1. The molecule has 12 heteroatoms. The van der Waals surface area contributed by atoms with Gasteiger partial charge in [-0.05, 0) is 31.9 Å². The third-order valence-electron chi connectivity index (χ3n) is 5.11. The van der Waals surface area contributed by atoms with Crippen LogP contribution >= 0.6 is 12.4 Å². The maximum absolute atomic E-state index is 13.1. The third kappa shape index (κ3) is 3.89. The van der Waals surface area contributed by atoms with Crippen molar-refractivity contribution in [2.45, 2.75) is 37.7 Å². The second-order valence-corrected chi connectivity index (χ2v) is 6.74. The summed E-state index contributed by atoms with van der Waals surface area (Å²) in [6.45, 7) is -0.537. The molecule has 2 saturated heterocycles. The number of carbonyl (C=O) groups excluding carboxylic acids is 1. The molecule has 0 spiro atoms. The molecular weight excluding hydrogens is 402 g/mol. The molecule has 3 heterocycles. The molecule has 2 fully saturated rings. The molecule has 1 unspecified atom stereocenters. The van der Waals surface area contributed by atoms with Crippen LogP contribution in [0.25, 0.3) is 0 Å². The number of amides is 1. The van der Waals surface area contributed by atoms with Gasteiger partial charge < -0.3 is 10.2 Å². The molecule has 0 radical (unpaired) electrons. The van der Waals surface area contributed by atoms with Gasteiger partial charge in [0.25, 0.3) is 5.91 Å². The highest BCUT2D eigenvalue weighted by Gasteiger charge is 2.72. The predicted octanol–water partition coefficient (Wildman–Crippen LogP) is 3.19. The molecular formula is C15H19ClF6N4O. The van der Waals surface area contributed by atoms with Crippen LogP contribution < -0.4 is 5.32 Å². The first kappa shape index (κ1) is 21.8. The van der Waals surface area contributed by atoms with Crippen LogP contribution in [0.15, 0.2) is 12.3 Å². The first-order valence-corrected chi connectivity index (χ1v) is 8.24. The van der Waals surface area contributed by atoms with E-state index in [1.807, 2.05) is 0 Å². The van der Waals surface area contributed by atoms with Gasteiger partial charge in [-0.3, -0.25) is 9.48 Å². The van der Waals surface area contributed by atoms with Crippen molar-refractivity contribution in [1.82, 2.24) is 20.0 Å². The Morgan fingerprint density at radius 3 is 2.41 bits per heavy atom. The standard InChI is InChI=1S/C15H18F6N4O.ClH/c16-14(17,18)13(15(19,20)21)4-7-24(9-13)12(26)11-3-6-25(23-11)10-2-1-5-22-8-10;/h3,6,10,22H,1-2,4-5,7-9H2;1H. The molecule has 1 N–H and O–H groups in total. The van der Waals surface area contributed by atoms with Crippen LogP contribution in [-0.4, -0.2) is 59.1 Å². The number of carbonyl (C=O) groups is 1. The maximum Gasteiger partial charge on any atom is 0.404 e. The van der Waals surface area contributed by atoms with E-state index < -0.39 is 43.2 Å². The number of nitrogens with zero attached hydrogens (tertiary/aromatic N) is 3. The van der Waals surface area contributed by atoms with Gasteiger partial charge in [-0.15, -0.1) is 12.4 Å². The Kier molecular flexibility index (Phi) is 6.05. The van der Waals surface area contributed by atoms with E-state index in [0.29, 0.717) is 11.4 Å². The smallest absolute Gasteiger partial charge is 0.336 e.